The first-order chi connectivity index (χ1) is 63.6. The van der Waals surface area contributed by atoms with Crippen molar-refractivity contribution in [1.29, 1.82) is 0 Å². The molecule has 0 unspecified atom stereocenters. The van der Waals surface area contributed by atoms with E-state index in [1.165, 1.54) is 244 Å². The molecule has 0 fully saturated rings. The highest BCUT2D eigenvalue weighted by molar-refractivity contribution is 5.99. The van der Waals surface area contributed by atoms with Crippen LogP contribution in [0.4, 0.5) is 0 Å². The zero-order chi connectivity index (χ0) is 96.9. The lowest BCUT2D eigenvalue weighted by Gasteiger charge is -2.12. The lowest BCUT2D eigenvalue weighted by Crippen LogP contribution is -2.31. The molecule has 0 spiro atoms. The maximum atomic E-state index is 4.74. The van der Waals surface area contributed by atoms with Crippen molar-refractivity contribution in [2.45, 2.75) is 205 Å². The molecule has 12 aromatic heterocycles. The van der Waals surface area contributed by atoms with Gasteiger partial charge in [-0.3, -0.25) is 29.9 Å². The lowest BCUT2D eigenvalue weighted by molar-refractivity contribution is -0.659. The van der Waals surface area contributed by atoms with E-state index in [0.29, 0.717) is 23.7 Å². The summed E-state index contributed by atoms with van der Waals surface area (Å²) in [5, 5.41) is 14.8. The summed E-state index contributed by atoms with van der Waals surface area (Å²) in [6.45, 7) is 57.1. The molecule has 0 N–H and O–H groups in total. The Kier molecular flexibility index (Phi) is 30.7. The van der Waals surface area contributed by atoms with Gasteiger partial charge in [-0.1, -0.05) is 125 Å². The standard InChI is InChI=1S/2C22H27N2.2C21H25N2.2C18H19N2/c1-14(2)9-19-12-21-18(13-23-19)7-8-24(6)22(21)20-11-15(3)10-16(4)17(20)5;1-14(2)9-19-12-18-7-8-24(6)22(21(18)13-23-19)20-11-15(3)10-16(4)17(20)5;1-13(2)20-11-19-17(12-22-20)7-8-23(6)21(19)18-10-14(3)9-15(4)16(18)5;1-13(2)20-11-17-7-8-23(6)21(19(17)12-22-20)18-10-14(3)9-15(4)16(18)5;1-12-9-13(2)14(3)17(10-12)18-16-5-7-19-11-15(16)6-8-20(18)4;1-12-9-13(2)14(3)16(10-12)18-17-11-19-7-5-15(17)6-8-20(18)4/h2*7-8,10-14H,9H2,1-6H3;2*7-13H,1-6H3;2*5-11H,1-4H3/q6*+1. The third-order valence-electron chi connectivity index (χ3n) is 26.9. The van der Waals surface area contributed by atoms with Gasteiger partial charge in [0.25, 0.3) is 0 Å². The zero-order valence-electron chi connectivity index (χ0n) is 86.0. The molecule has 0 amide bonds. The molecular formula is C122H142N12+6. The molecule has 12 heteroatoms. The van der Waals surface area contributed by atoms with E-state index >= 15 is 0 Å². The molecule has 6 aromatic carbocycles. The average molecular weight is 1780 g/mol. The number of pyridine rings is 12. The maximum Gasteiger partial charge on any atom is 0.222 e. The smallest absolute Gasteiger partial charge is 0.222 e. The van der Waals surface area contributed by atoms with Gasteiger partial charge in [0.1, 0.15) is 42.3 Å². The minimum Gasteiger partial charge on any atom is -0.264 e. The summed E-state index contributed by atoms with van der Waals surface area (Å²) in [6.07, 6.45) is 30.6. The molecule has 18 rings (SSSR count). The highest BCUT2D eigenvalue weighted by Crippen LogP contribution is 2.39. The van der Waals surface area contributed by atoms with Crippen molar-refractivity contribution >= 4 is 64.6 Å². The van der Waals surface area contributed by atoms with Gasteiger partial charge < -0.3 is 0 Å². The Morgan fingerprint density at radius 3 is 0.851 bits per heavy atom. The van der Waals surface area contributed by atoms with Crippen LogP contribution in [0, 0.1) is 136 Å². The first-order valence-corrected chi connectivity index (χ1v) is 47.7. The van der Waals surface area contributed by atoms with E-state index in [-0.39, 0.29) is 0 Å². The zero-order valence-corrected chi connectivity index (χ0v) is 86.0. The van der Waals surface area contributed by atoms with E-state index in [2.05, 4.69) is 459 Å². The molecule has 684 valence electrons. The Bertz CT molecular complexity index is 7350. The van der Waals surface area contributed by atoms with E-state index in [0.717, 1.165) is 24.2 Å². The Balaban J connectivity index is 0.000000137. The van der Waals surface area contributed by atoms with Crippen molar-refractivity contribution in [2.75, 3.05) is 0 Å². The molecule has 0 atom stereocenters. The number of benzene rings is 6. The van der Waals surface area contributed by atoms with Gasteiger partial charge in [0.15, 0.2) is 37.2 Å². The van der Waals surface area contributed by atoms with E-state index in [4.69, 9.17) is 9.97 Å². The summed E-state index contributed by atoms with van der Waals surface area (Å²) in [5.74, 6) is 2.10. The number of hydrogen-bond acceptors (Lipinski definition) is 6. The summed E-state index contributed by atoms with van der Waals surface area (Å²) in [5.41, 5.74) is 43.9. The Morgan fingerprint density at radius 2 is 0.485 bits per heavy atom. The van der Waals surface area contributed by atoms with Crippen LogP contribution in [0.15, 0.2) is 232 Å². The molecule has 0 aliphatic carbocycles. The van der Waals surface area contributed by atoms with Crippen LogP contribution >= 0.6 is 0 Å². The van der Waals surface area contributed by atoms with Gasteiger partial charge in [0.05, 0.1) is 65.7 Å². The fourth-order valence-corrected chi connectivity index (χ4v) is 19.0. The first-order valence-electron chi connectivity index (χ1n) is 47.7. The molecule has 0 aliphatic rings. The van der Waals surface area contributed by atoms with Crippen molar-refractivity contribution in [1.82, 2.24) is 29.9 Å². The van der Waals surface area contributed by atoms with E-state index < -0.39 is 0 Å². The first kappa shape index (κ1) is 98.2. The van der Waals surface area contributed by atoms with E-state index in [1.54, 1.807) is 0 Å². The second-order valence-electron chi connectivity index (χ2n) is 39.5. The van der Waals surface area contributed by atoms with Crippen LogP contribution in [0.1, 0.15) is 190 Å². The number of hydrogen-bond donors (Lipinski definition) is 0. The lowest BCUT2D eigenvalue weighted by atomic mass is 9.94. The van der Waals surface area contributed by atoms with Crippen molar-refractivity contribution < 1.29 is 27.4 Å². The largest absolute Gasteiger partial charge is 0.264 e. The van der Waals surface area contributed by atoms with Crippen LogP contribution in [0.25, 0.3) is 132 Å². The number of aryl methyl sites for hydroxylation is 18. The quantitative estimate of drug-likeness (QED) is 0.113. The number of rotatable bonds is 12. The third-order valence-corrected chi connectivity index (χ3v) is 26.9. The fraction of sp³-hybridized carbons (Fsp3) is 0.311. The monoisotopic (exact) mass is 1780 g/mol. The molecule has 0 saturated carbocycles. The Hall–Kier alpha value is -13.3. The highest BCUT2D eigenvalue weighted by atomic mass is 15.0. The summed E-state index contributed by atoms with van der Waals surface area (Å²) < 4.78 is 13.3. The minimum absolute atomic E-state index is 0.429. The Morgan fingerprint density at radius 1 is 0.224 bits per heavy atom. The topological polar surface area (TPSA) is 101 Å². The summed E-state index contributed by atoms with van der Waals surface area (Å²) in [4.78, 5) is 27.2. The predicted molar refractivity (Wildman–Crippen MR) is 561 cm³/mol. The van der Waals surface area contributed by atoms with Crippen molar-refractivity contribution in [3.05, 3.63) is 355 Å². The summed E-state index contributed by atoms with van der Waals surface area (Å²) in [6, 6.07) is 53.3. The summed E-state index contributed by atoms with van der Waals surface area (Å²) in [7, 11) is 12.7. The molecule has 134 heavy (non-hydrogen) atoms. The molecule has 0 bridgehead atoms. The van der Waals surface area contributed by atoms with Crippen molar-refractivity contribution in [3.63, 3.8) is 0 Å². The van der Waals surface area contributed by atoms with Gasteiger partial charge in [-0.2, -0.15) is 0 Å². The minimum atomic E-state index is 0.429. The predicted octanol–water partition coefficient (Wildman–Crippen LogP) is 26.6. The van der Waals surface area contributed by atoms with Crippen LogP contribution in [0.5, 0.6) is 0 Å². The van der Waals surface area contributed by atoms with Gasteiger partial charge in [0, 0.05) is 125 Å². The van der Waals surface area contributed by atoms with Crippen LogP contribution in [-0.4, -0.2) is 29.9 Å². The molecule has 0 saturated heterocycles. The molecule has 12 nitrogen and oxygen atoms in total. The van der Waals surface area contributed by atoms with E-state index in [1.807, 2.05) is 43.4 Å². The van der Waals surface area contributed by atoms with Crippen LogP contribution < -0.4 is 27.4 Å². The second-order valence-corrected chi connectivity index (χ2v) is 39.5. The van der Waals surface area contributed by atoms with Gasteiger partial charge >= 0.3 is 0 Å². The van der Waals surface area contributed by atoms with Gasteiger partial charge in [-0.05, 0) is 317 Å². The van der Waals surface area contributed by atoms with Gasteiger partial charge in [-0.15, -0.1) is 0 Å². The number of aromatic nitrogens is 12. The molecule has 18 aromatic rings. The molecular weight excluding hydrogens is 1630 g/mol. The van der Waals surface area contributed by atoms with E-state index in [9.17, 15) is 0 Å². The Labute approximate surface area is 798 Å². The third kappa shape index (κ3) is 21.8. The SMILES string of the molecule is Cc1cc(C)c(C)c(-c2c3cc(C(C)C)ncc3cc[n+]2C)c1.Cc1cc(C)c(C)c(-c2c3cc(CC(C)C)ncc3cc[n+]2C)c1.Cc1cc(C)c(C)c(-c2c3ccncc3cc[n+]2C)c1.Cc1cc(C)c(C)c(-c2c3cnc(C(C)C)cc3cc[n+]2C)c1.Cc1cc(C)c(C)c(-c2c3cnc(CC(C)C)cc3cc[n+]2C)c1.Cc1cc(C)c(C)c(-c2c3cnccc3cc[n+]2C)c1. The number of nitrogens with zero attached hydrogens (tertiary/aromatic N) is 12. The maximum absolute atomic E-state index is 4.74. The van der Waals surface area contributed by atoms with Crippen LogP contribution in [-0.2, 0) is 55.1 Å². The number of fused-ring (bicyclic) bond motifs is 6. The van der Waals surface area contributed by atoms with Crippen LogP contribution in [0.3, 0.4) is 0 Å². The molecule has 0 aliphatic heterocycles. The van der Waals surface area contributed by atoms with Gasteiger partial charge in [-0.25, -0.2) is 27.4 Å². The van der Waals surface area contributed by atoms with Crippen molar-refractivity contribution in [3.8, 4) is 67.5 Å². The normalized spacial score (nSPS) is 11.3. The second kappa shape index (κ2) is 41.9. The average Bonchev–Trinajstić information content (AvgIpc) is 0.774. The molecule has 12 heterocycles. The highest BCUT2D eigenvalue weighted by Gasteiger charge is 2.27. The van der Waals surface area contributed by atoms with Gasteiger partial charge in [0.2, 0.25) is 34.2 Å². The van der Waals surface area contributed by atoms with Crippen molar-refractivity contribution in [2.24, 2.45) is 54.1 Å². The summed E-state index contributed by atoms with van der Waals surface area (Å²) >= 11 is 0. The fourth-order valence-electron chi connectivity index (χ4n) is 19.0. The molecule has 0 radical (unpaired) electrons. The van der Waals surface area contributed by atoms with Crippen LogP contribution in [0.2, 0.25) is 0 Å².